The molecule has 0 aromatic carbocycles. The van der Waals surface area contributed by atoms with E-state index < -0.39 is 0 Å². The van der Waals surface area contributed by atoms with Gasteiger partial charge in [-0.3, -0.25) is 0 Å². The van der Waals surface area contributed by atoms with E-state index in [9.17, 15) is 0 Å². The molecular formula is C15H22N4OS. The predicted molar refractivity (Wildman–Crippen MR) is 86.1 cm³/mol. The molecule has 3 aliphatic rings. The summed E-state index contributed by atoms with van der Waals surface area (Å²) in [5.41, 5.74) is 0. The van der Waals surface area contributed by atoms with Crippen LogP contribution in [0.25, 0.3) is 0 Å². The lowest BCUT2D eigenvalue weighted by molar-refractivity contribution is -0.0898. The van der Waals surface area contributed by atoms with E-state index in [1.807, 2.05) is 11.8 Å². The summed E-state index contributed by atoms with van der Waals surface area (Å²) in [7, 11) is 0. The van der Waals surface area contributed by atoms with Crippen molar-refractivity contribution < 1.29 is 4.74 Å². The third-order valence-electron chi connectivity index (χ3n) is 4.82. The van der Waals surface area contributed by atoms with Crippen molar-refractivity contribution >= 4 is 23.4 Å². The fourth-order valence-electron chi connectivity index (χ4n) is 3.54. The maximum absolute atomic E-state index is 5.78. The highest BCUT2D eigenvalue weighted by Crippen LogP contribution is 2.39. The first-order valence-corrected chi connectivity index (χ1v) is 9.08. The zero-order chi connectivity index (χ0) is 14.1. The topological polar surface area (TPSA) is 50.3 Å². The molecule has 2 saturated heterocycles. The van der Waals surface area contributed by atoms with Gasteiger partial charge in [-0.05, 0) is 19.3 Å². The van der Waals surface area contributed by atoms with Gasteiger partial charge in [0.05, 0.1) is 6.10 Å². The Bertz CT molecular complexity index is 494. The highest BCUT2D eigenvalue weighted by Gasteiger charge is 2.43. The molecule has 1 saturated carbocycles. The first-order chi connectivity index (χ1) is 10.4. The minimum Gasteiger partial charge on any atom is -0.378 e. The Morgan fingerprint density at radius 3 is 3.05 bits per heavy atom. The van der Waals surface area contributed by atoms with Crippen LogP contribution in [-0.2, 0) is 4.74 Å². The largest absolute Gasteiger partial charge is 0.378 e. The number of aromatic nitrogens is 2. The molecule has 3 heterocycles. The normalized spacial score (nSPS) is 32.2. The number of anilines is 2. The molecule has 3 fully saturated rings. The van der Waals surface area contributed by atoms with Gasteiger partial charge in [0.25, 0.3) is 0 Å². The van der Waals surface area contributed by atoms with Crippen molar-refractivity contribution in [3.63, 3.8) is 0 Å². The van der Waals surface area contributed by atoms with Gasteiger partial charge in [0.1, 0.15) is 18.0 Å². The molecule has 3 unspecified atom stereocenters. The summed E-state index contributed by atoms with van der Waals surface area (Å²) in [5.74, 6) is 5.08. The summed E-state index contributed by atoms with van der Waals surface area (Å²) < 4.78 is 5.78. The van der Waals surface area contributed by atoms with Gasteiger partial charge in [0.2, 0.25) is 0 Å². The molecule has 0 radical (unpaired) electrons. The standard InChI is InChI=1S/C15H22N4OS/c1-2-11-12(8-13(11)20-5-1)18-14-9-15(17-10-16-14)19-3-6-21-7-4-19/h9-13H,1-8H2,(H,16,17,18). The van der Waals surface area contributed by atoms with E-state index >= 15 is 0 Å². The molecule has 1 aliphatic carbocycles. The van der Waals surface area contributed by atoms with Crippen LogP contribution in [0.3, 0.4) is 0 Å². The summed E-state index contributed by atoms with van der Waals surface area (Å²) in [6, 6.07) is 2.63. The summed E-state index contributed by atoms with van der Waals surface area (Å²) >= 11 is 2.02. The Labute approximate surface area is 129 Å². The molecule has 0 spiro atoms. The van der Waals surface area contributed by atoms with Crippen LogP contribution in [0, 0.1) is 5.92 Å². The Hall–Kier alpha value is -1.01. The van der Waals surface area contributed by atoms with Gasteiger partial charge in [-0.25, -0.2) is 9.97 Å². The second-order valence-corrected chi connectivity index (χ2v) is 7.29. The SMILES string of the molecule is c1nc(NC2CC3OCCCC23)cc(N2CCSCC2)n1. The highest BCUT2D eigenvalue weighted by molar-refractivity contribution is 7.99. The van der Waals surface area contributed by atoms with Crippen molar-refractivity contribution in [2.45, 2.75) is 31.4 Å². The van der Waals surface area contributed by atoms with Gasteiger partial charge >= 0.3 is 0 Å². The fourth-order valence-corrected chi connectivity index (χ4v) is 4.45. The third kappa shape index (κ3) is 2.83. The number of rotatable bonds is 3. The molecule has 1 aromatic rings. The van der Waals surface area contributed by atoms with E-state index in [-0.39, 0.29) is 0 Å². The number of ether oxygens (including phenoxy) is 1. The van der Waals surface area contributed by atoms with Crippen molar-refractivity contribution in [2.75, 3.05) is 41.4 Å². The van der Waals surface area contributed by atoms with Crippen LogP contribution in [0.4, 0.5) is 11.6 Å². The summed E-state index contributed by atoms with van der Waals surface area (Å²) in [6.07, 6.45) is 5.76. The van der Waals surface area contributed by atoms with Crippen molar-refractivity contribution in [1.29, 1.82) is 0 Å². The smallest absolute Gasteiger partial charge is 0.134 e. The second-order valence-electron chi connectivity index (χ2n) is 6.06. The van der Waals surface area contributed by atoms with E-state index in [4.69, 9.17) is 4.74 Å². The minimum absolute atomic E-state index is 0.483. The van der Waals surface area contributed by atoms with Crippen molar-refractivity contribution in [1.82, 2.24) is 9.97 Å². The van der Waals surface area contributed by atoms with E-state index in [1.165, 1.54) is 24.3 Å². The van der Waals surface area contributed by atoms with Gasteiger partial charge in [0.15, 0.2) is 0 Å². The van der Waals surface area contributed by atoms with Gasteiger partial charge in [-0.1, -0.05) is 0 Å². The number of nitrogens with zero attached hydrogens (tertiary/aromatic N) is 3. The molecule has 1 N–H and O–H groups in total. The molecule has 2 aliphatic heterocycles. The van der Waals surface area contributed by atoms with Crippen LogP contribution in [0.1, 0.15) is 19.3 Å². The number of hydrogen-bond donors (Lipinski definition) is 1. The van der Waals surface area contributed by atoms with Crippen molar-refractivity contribution in [2.24, 2.45) is 5.92 Å². The van der Waals surface area contributed by atoms with Gasteiger partial charge < -0.3 is 15.0 Å². The lowest BCUT2D eigenvalue weighted by Gasteiger charge is -2.47. The lowest BCUT2D eigenvalue weighted by Crippen LogP contribution is -2.53. The Morgan fingerprint density at radius 1 is 1.29 bits per heavy atom. The summed E-state index contributed by atoms with van der Waals surface area (Å²) in [4.78, 5) is 11.2. The molecular weight excluding hydrogens is 284 g/mol. The molecule has 21 heavy (non-hydrogen) atoms. The van der Waals surface area contributed by atoms with Crippen LogP contribution in [0.15, 0.2) is 12.4 Å². The van der Waals surface area contributed by atoms with Crippen LogP contribution in [-0.4, -0.2) is 53.3 Å². The first kappa shape index (κ1) is 13.6. The van der Waals surface area contributed by atoms with E-state index in [0.717, 1.165) is 37.8 Å². The Balaban J connectivity index is 1.41. The average Bonchev–Trinajstić information content (AvgIpc) is 2.54. The summed E-state index contributed by atoms with van der Waals surface area (Å²) in [6.45, 7) is 3.12. The summed E-state index contributed by atoms with van der Waals surface area (Å²) in [5, 5.41) is 3.59. The van der Waals surface area contributed by atoms with Crippen LogP contribution >= 0.6 is 11.8 Å². The van der Waals surface area contributed by atoms with E-state index in [0.29, 0.717) is 18.1 Å². The quantitative estimate of drug-likeness (QED) is 0.922. The average molecular weight is 306 g/mol. The van der Waals surface area contributed by atoms with E-state index in [2.05, 4.69) is 26.3 Å². The molecule has 0 amide bonds. The number of hydrogen-bond acceptors (Lipinski definition) is 6. The highest BCUT2D eigenvalue weighted by atomic mass is 32.2. The van der Waals surface area contributed by atoms with Crippen molar-refractivity contribution in [3.05, 3.63) is 12.4 Å². The predicted octanol–water partition coefficient (Wildman–Crippen LogP) is 2.01. The molecule has 6 heteroatoms. The van der Waals surface area contributed by atoms with Gasteiger partial charge in [0, 0.05) is 49.2 Å². The van der Waals surface area contributed by atoms with Crippen LogP contribution in [0.5, 0.6) is 0 Å². The molecule has 114 valence electrons. The minimum atomic E-state index is 0.483. The maximum Gasteiger partial charge on any atom is 0.134 e. The number of thioether (sulfide) groups is 1. The molecule has 0 bridgehead atoms. The monoisotopic (exact) mass is 306 g/mol. The fraction of sp³-hybridized carbons (Fsp3) is 0.733. The molecule has 4 rings (SSSR count). The molecule has 5 nitrogen and oxygen atoms in total. The number of nitrogens with one attached hydrogen (secondary N) is 1. The van der Waals surface area contributed by atoms with Crippen LogP contribution in [0.2, 0.25) is 0 Å². The molecule has 3 atom stereocenters. The maximum atomic E-state index is 5.78. The second kappa shape index (κ2) is 6.01. The Kier molecular flexibility index (Phi) is 3.90. The van der Waals surface area contributed by atoms with E-state index in [1.54, 1.807) is 6.33 Å². The van der Waals surface area contributed by atoms with Gasteiger partial charge in [-0.15, -0.1) is 0 Å². The van der Waals surface area contributed by atoms with Crippen LogP contribution < -0.4 is 10.2 Å². The first-order valence-electron chi connectivity index (χ1n) is 7.93. The third-order valence-corrected chi connectivity index (χ3v) is 5.76. The molecule has 1 aromatic heterocycles. The zero-order valence-corrected chi connectivity index (χ0v) is 13.0. The number of fused-ring (bicyclic) bond motifs is 1. The lowest BCUT2D eigenvalue weighted by atomic mass is 9.72. The zero-order valence-electron chi connectivity index (χ0n) is 12.2. The van der Waals surface area contributed by atoms with Gasteiger partial charge in [-0.2, -0.15) is 11.8 Å². The van der Waals surface area contributed by atoms with Crippen molar-refractivity contribution in [3.8, 4) is 0 Å². The Morgan fingerprint density at radius 2 is 2.19 bits per heavy atom.